The minimum atomic E-state index is -4.94. The first-order valence-corrected chi connectivity index (χ1v) is 6.15. The Hall–Kier alpha value is -1.44. The van der Waals surface area contributed by atoms with E-state index in [1.54, 1.807) is 4.74 Å². The zero-order valence-corrected chi connectivity index (χ0v) is 10.6. The van der Waals surface area contributed by atoms with Crippen LogP contribution in [0.2, 0.25) is 0 Å². The molecule has 2 rings (SSSR count). The number of halogens is 1. The van der Waals surface area contributed by atoms with Crippen LogP contribution in [-0.4, -0.2) is 0 Å². The fourth-order valence-corrected chi connectivity index (χ4v) is 1.26. The normalized spacial score (nSPS) is 10.8. The third-order valence-corrected chi connectivity index (χ3v) is 2.13. The van der Waals surface area contributed by atoms with E-state index in [4.69, 9.17) is 23.2 Å². The zero-order valence-electron chi connectivity index (χ0n) is 9.83. The Labute approximate surface area is 106 Å². The molecule has 2 aromatic rings. The number of hydrogen-bond acceptors (Lipinski definition) is 5. The van der Waals surface area contributed by atoms with Crippen LogP contribution >= 0.6 is 0 Å². The summed E-state index contributed by atoms with van der Waals surface area (Å²) < 4.78 is 41.3. The van der Waals surface area contributed by atoms with Crippen molar-refractivity contribution in [2.75, 3.05) is 0 Å². The molecule has 0 atom stereocenters. The first-order chi connectivity index (χ1) is 8.27. The molecule has 0 amide bonds. The van der Waals surface area contributed by atoms with Gasteiger partial charge in [-0.05, 0) is 4.74 Å². The van der Waals surface area contributed by atoms with Crippen LogP contribution in [0.4, 0.5) is 0 Å². The highest BCUT2D eigenvalue weighted by molar-refractivity contribution is 5.56. The van der Waals surface area contributed by atoms with Crippen molar-refractivity contribution < 1.29 is 38.1 Å². The summed E-state index contributed by atoms with van der Waals surface area (Å²) in [6.45, 7) is 2.02. The molecule has 98 valence electrons. The topological polar surface area (TPSA) is 109 Å². The first kappa shape index (κ1) is 14.6. The maximum atomic E-state index is 8.49. The van der Waals surface area contributed by atoms with Gasteiger partial charge >= 0.3 is 0 Å². The molecule has 0 spiro atoms. The van der Waals surface area contributed by atoms with Crippen molar-refractivity contribution in [3.63, 3.8) is 0 Å². The number of hydrogen-bond donors (Lipinski definition) is 0. The second kappa shape index (κ2) is 5.94. The predicted molar refractivity (Wildman–Crippen MR) is 50.1 cm³/mol. The quantitative estimate of drug-likeness (QED) is 0.526. The van der Waals surface area contributed by atoms with Gasteiger partial charge in [0, 0.05) is 12.5 Å². The molecule has 1 aromatic carbocycles. The SMILES string of the molecule is Cc1cc(-c2ccccc2)o[n+]1C.[O-][Cl+3]([O-])([O-])[O-]. The monoisotopic (exact) mass is 273 g/mol. The number of rotatable bonds is 1. The van der Waals surface area contributed by atoms with Gasteiger partial charge in [-0.3, -0.25) is 0 Å². The van der Waals surface area contributed by atoms with Crippen LogP contribution in [0, 0.1) is 17.2 Å². The molecule has 0 N–H and O–H groups in total. The van der Waals surface area contributed by atoms with Crippen molar-refractivity contribution in [3.8, 4) is 11.3 Å². The minimum absolute atomic E-state index is 0.917. The van der Waals surface area contributed by atoms with E-state index in [9.17, 15) is 0 Å². The van der Waals surface area contributed by atoms with Crippen LogP contribution < -0.4 is 23.4 Å². The molecule has 1 aromatic heterocycles. The lowest BCUT2D eigenvalue weighted by atomic mass is 10.2. The molecule has 0 aliphatic heterocycles. The Morgan fingerprint density at radius 3 is 1.94 bits per heavy atom. The Bertz CT molecular complexity index is 466. The van der Waals surface area contributed by atoms with Crippen LogP contribution in [0.3, 0.4) is 0 Å². The number of benzene rings is 1. The van der Waals surface area contributed by atoms with Crippen molar-refractivity contribution in [2.45, 2.75) is 6.92 Å². The van der Waals surface area contributed by atoms with Gasteiger partial charge in [-0.2, -0.15) is 0 Å². The highest BCUT2D eigenvalue weighted by Crippen LogP contribution is 2.17. The van der Waals surface area contributed by atoms with Gasteiger partial charge < -0.3 is 0 Å². The van der Waals surface area contributed by atoms with E-state index in [-0.39, 0.29) is 0 Å². The molecule has 0 unspecified atom stereocenters. The number of aryl methyl sites for hydroxylation is 2. The summed E-state index contributed by atoms with van der Waals surface area (Å²) in [5.41, 5.74) is 2.24. The third-order valence-electron chi connectivity index (χ3n) is 2.13. The molecule has 0 saturated heterocycles. The molecule has 0 fully saturated rings. The summed E-state index contributed by atoms with van der Waals surface area (Å²) in [6.07, 6.45) is 0. The summed E-state index contributed by atoms with van der Waals surface area (Å²) in [5, 5.41) is 0. The largest absolute Gasteiger partial charge is 0.236 e. The maximum Gasteiger partial charge on any atom is 0.228 e. The molecule has 6 nitrogen and oxygen atoms in total. The highest BCUT2D eigenvalue weighted by Gasteiger charge is 2.11. The van der Waals surface area contributed by atoms with Crippen molar-refractivity contribution in [2.24, 2.45) is 7.05 Å². The van der Waals surface area contributed by atoms with E-state index in [1.165, 1.54) is 0 Å². The molecular weight excluding hydrogens is 262 g/mol. The van der Waals surface area contributed by atoms with Crippen LogP contribution in [-0.2, 0) is 7.05 Å². The molecule has 7 heteroatoms. The van der Waals surface area contributed by atoms with Gasteiger partial charge in [0.1, 0.15) is 0 Å². The Kier molecular flexibility index (Phi) is 4.83. The lowest BCUT2D eigenvalue weighted by Gasteiger charge is -2.17. The smallest absolute Gasteiger partial charge is 0.228 e. The van der Waals surface area contributed by atoms with Gasteiger partial charge in [-0.1, -0.05) is 30.3 Å². The van der Waals surface area contributed by atoms with Crippen molar-refractivity contribution in [1.82, 2.24) is 0 Å². The van der Waals surface area contributed by atoms with Gasteiger partial charge in [0.25, 0.3) is 0 Å². The molecule has 0 radical (unpaired) electrons. The second-order valence-corrected chi connectivity index (χ2v) is 4.24. The van der Waals surface area contributed by atoms with Crippen molar-refractivity contribution in [3.05, 3.63) is 42.1 Å². The zero-order chi connectivity index (χ0) is 13.8. The lowest BCUT2D eigenvalue weighted by molar-refractivity contribution is -2.00. The molecule has 0 aliphatic carbocycles. The standard InChI is InChI=1S/C11H12NO.ClHO4/c1-9-8-11(13-12(9)2)10-6-4-3-5-7-10;2-1(3,4)5/h3-8H,1-2H3;(H,2,3,4,5)/q+1;/p-1. The van der Waals surface area contributed by atoms with Crippen LogP contribution in [0.5, 0.6) is 0 Å². The fourth-order valence-electron chi connectivity index (χ4n) is 1.26. The van der Waals surface area contributed by atoms with Gasteiger partial charge in [0.15, 0.2) is 7.05 Å². The van der Waals surface area contributed by atoms with E-state index in [0.717, 1.165) is 17.0 Å². The number of nitrogens with zero attached hydrogens (tertiary/aromatic N) is 1. The van der Waals surface area contributed by atoms with E-state index >= 15 is 0 Å². The average Bonchev–Trinajstić information content (AvgIpc) is 2.58. The van der Waals surface area contributed by atoms with Gasteiger partial charge in [0.05, 0.1) is 6.07 Å². The molecule has 0 saturated carbocycles. The summed E-state index contributed by atoms with van der Waals surface area (Å²) in [6, 6.07) is 12.1. The summed E-state index contributed by atoms with van der Waals surface area (Å²) in [4.78, 5) is 0. The summed E-state index contributed by atoms with van der Waals surface area (Å²) in [7, 11) is -3.04. The molecule has 1 heterocycles. The Morgan fingerprint density at radius 1 is 1.06 bits per heavy atom. The Morgan fingerprint density at radius 2 is 1.56 bits per heavy atom. The van der Waals surface area contributed by atoms with E-state index in [0.29, 0.717) is 0 Å². The highest BCUT2D eigenvalue weighted by atomic mass is 35.7. The van der Waals surface area contributed by atoms with Gasteiger partial charge in [-0.15, -0.1) is 10.2 Å². The number of aromatic nitrogens is 1. The van der Waals surface area contributed by atoms with E-state index in [2.05, 4.69) is 0 Å². The van der Waals surface area contributed by atoms with Gasteiger partial charge in [0.2, 0.25) is 11.5 Å². The first-order valence-electron chi connectivity index (χ1n) is 4.91. The maximum absolute atomic E-state index is 8.49. The minimum Gasteiger partial charge on any atom is -0.236 e. The summed E-state index contributed by atoms with van der Waals surface area (Å²) >= 11 is 0. The molecule has 0 bridgehead atoms. The van der Waals surface area contributed by atoms with Crippen LogP contribution in [0.1, 0.15) is 5.69 Å². The van der Waals surface area contributed by atoms with Gasteiger partial charge in [-0.25, -0.2) is 23.2 Å². The van der Waals surface area contributed by atoms with Crippen molar-refractivity contribution in [1.29, 1.82) is 0 Å². The molecule has 18 heavy (non-hydrogen) atoms. The second-order valence-electron chi connectivity index (χ2n) is 3.48. The fraction of sp³-hybridized carbons (Fsp3) is 0.182. The Balaban J connectivity index is 0.000000280. The van der Waals surface area contributed by atoms with Crippen LogP contribution in [0.25, 0.3) is 11.3 Å². The summed E-state index contributed by atoms with van der Waals surface area (Å²) in [5.74, 6) is 0.917. The lowest BCUT2D eigenvalue weighted by Crippen LogP contribution is -2.68. The third kappa shape index (κ3) is 5.26. The van der Waals surface area contributed by atoms with Crippen LogP contribution in [0.15, 0.2) is 40.9 Å². The van der Waals surface area contributed by atoms with Crippen molar-refractivity contribution >= 4 is 0 Å². The molecular formula is C11H12ClNO5. The average molecular weight is 274 g/mol. The van der Waals surface area contributed by atoms with E-state index in [1.807, 2.05) is 50.4 Å². The molecule has 0 aliphatic rings. The van der Waals surface area contributed by atoms with E-state index < -0.39 is 10.2 Å². The predicted octanol–water partition coefficient (Wildman–Crippen LogP) is -2.68.